The molecule has 5 aromatic rings. The van der Waals surface area contributed by atoms with Gasteiger partial charge in [0.25, 0.3) is 15.9 Å². The SMILES string of the molecule is CN(c1ccc(C(=O)Nc2ccc3c(c2)oc2ccccc23)cc1)S(=O)(=O)c1ccc(Cl)cc1. The Kier molecular flexibility index (Phi) is 5.51. The smallest absolute Gasteiger partial charge is 0.264 e. The molecule has 0 unspecified atom stereocenters. The molecule has 0 spiro atoms. The standard InChI is InChI=1S/C26H19ClN2O4S/c1-29(34(31,32)21-13-8-18(27)9-14-21)20-11-6-17(7-12-20)26(30)28-19-10-15-23-22-4-2-3-5-24(22)33-25(23)16-19/h2-16H,1H3,(H,28,30). The van der Waals surface area contributed by atoms with E-state index in [-0.39, 0.29) is 10.8 Å². The normalized spacial score (nSPS) is 11.6. The number of anilines is 2. The van der Waals surface area contributed by atoms with E-state index in [1.54, 1.807) is 30.3 Å². The zero-order valence-electron chi connectivity index (χ0n) is 18.0. The van der Waals surface area contributed by atoms with Gasteiger partial charge < -0.3 is 9.73 Å². The van der Waals surface area contributed by atoms with Gasteiger partial charge in [0.05, 0.1) is 10.6 Å². The number of carbonyl (C=O) groups is 1. The van der Waals surface area contributed by atoms with Crippen LogP contribution in [-0.2, 0) is 10.0 Å². The molecule has 0 radical (unpaired) electrons. The van der Waals surface area contributed by atoms with E-state index in [0.717, 1.165) is 20.7 Å². The Bertz CT molecular complexity index is 1630. The van der Waals surface area contributed by atoms with Crippen molar-refractivity contribution in [1.82, 2.24) is 0 Å². The first-order chi connectivity index (χ1) is 16.3. The highest BCUT2D eigenvalue weighted by Crippen LogP contribution is 2.30. The van der Waals surface area contributed by atoms with Crippen molar-refractivity contribution in [3.8, 4) is 0 Å². The van der Waals surface area contributed by atoms with Crippen molar-refractivity contribution in [2.24, 2.45) is 0 Å². The van der Waals surface area contributed by atoms with E-state index in [2.05, 4.69) is 5.32 Å². The fourth-order valence-electron chi connectivity index (χ4n) is 3.73. The molecule has 5 rings (SSSR count). The number of halogens is 1. The molecule has 34 heavy (non-hydrogen) atoms. The van der Waals surface area contributed by atoms with E-state index >= 15 is 0 Å². The zero-order valence-corrected chi connectivity index (χ0v) is 19.6. The number of para-hydroxylation sites is 1. The lowest BCUT2D eigenvalue weighted by atomic mass is 10.1. The molecule has 1 N–H and O–H groups in total. The zero-order chi connectivity index (χ0) is 23.9. The second kappa shape index (κ2) is 8.52. The molecule has 0 bridgehead atoms. The molecule has 1 amide bonds. The molecule has 0 fully saturated rings. The van der Waals surface area contributed by atoms with Crippen LogP contribution in [0.15, 0.2) is 100 Å². The van der Waals surface area contributed by atoms with E-state index < -0.39 is 10.0 Å². The molecule has 0 aliphatic carbocycles. The number of hydrogen-bond donors (Lipinski definition) is 1. The first kappa shape index (κ1) is 22.0. The van der Waals surface area contributed by atoms with Crippen molar-refractivity contribution < 1.29 is 17.6 Å². The fourth-order valence-corrected chi connectivity index (χ4v) is 5.05. The monoisotopic (exact) mass is 490 g/mol. The van der Waals surface area contributed by atoms with Crippen molar-refractivity contribution in [2.75, 3.05) is 16.7 Å². The van der Waals surface area contributed by atoms with Gasteiger partial charge in [-0.3, -0.25) is 9.10 Å². The average Bonchev–Trinajstić information content (AvgIpc) is 3.21. The van der Waals surface area contributed by atoms with Crippen molar-refractivity contribution >= 4 is 60.8 Å². The molecule has 0 saturated heterocycles. The highest BCUT2D eigenvalue weighted by Gasteiger charge is 2.21. The van der Waals surface area contributed by atoms with Gasteiger partial charge in [0, 0.05) is 40.2 Å². The summed E-state index contributed by atoms with van der Waals surface area (Å²) < 4.78 is 32.8. The number of sulfonamides is 1. The van der Waals surface area contributed by atoms with Gasteiger partial charge in [-0.1, -0.05) is 29.8 Å². The minimum atomic E-state index is -3.76. The average molecular weight is 491 g/mol. The first-order valence-corrected chi connectivity index (χ1v) is 12.2. The van der Waals surface area contributed by atoms with Crippen molar-refractivity contribution in [3.05, 3.63) is 102 Å². The summed E-state index contributed by atoms with van der Waals surface area (Å²) in [6, 6.07) is 25.6. The Morgan fingerprint density at radius 3 is 2.26 bits per heavy atom. The van der Waals surface area contributed by atoms with Crippen LogP contribution in [0, 0.1) is 0 Å². The largest absolute Gasteiger partial charge is 0.456 e. The summed E-state index contributed by atoms with van der Waals surface area (Å²) in [6.07, 6.45) is 0. The highest BCUT2D eigenvalue weighted by atomic mass is 35.5. The first-order valence-electron chi connectivity index (χ1n) is 10.4. The van der Waals surface area contributed by atoms with Crippen LogP contribution in [0.1, 0.15) is 10.4 Å². The summed E-state index contributed by atoms with van der Waals surface area (Å²) in [5.41, 5.74) is 2.89. The Morgan fingerprint density at radius 2 is 1.53 bits per heavy atom. The summed E-state index contributed by atoms with van der Waals surface area (Å²) >= 11 is 5.86. The number of carbonyl (C=O) groups excluding carboxylic acids is 1. The molecule has 4 aromatic carbocycles. The highest BCUT2D eigenvalue weighted by molar-refractivity contribution is 7.92. The fraction of sp³-hybridized carbons (Fsp3) is 0.0385. The number of nitrogens with zero attached hydrogens (tertiary/aromatic N) is 1. The minimum Gasteiger partial charge on any atom is -0.456 e. The third kappa shape index (κ3) is 4.00. The molecule has 6 nitrogen and oxygen atoms in total. The predicted octanol–water partition coefficient (Wildman–Crippen LogP) is 6.32. The minimum absolute atomic E-state index is 0.127. The van der Waals surface area contributed by atoms with E-state index in [4.69, 9.17) is 16.0 Å². The molecule has 8 heteroatoms. The Balaban J connectivity index is 1.34. The molecular weight excluding hydrogens is 472 g/mol. The van der Waals surface area contributed by atoms with Crippen LogP contribution in [0.25, 0.3) is 21.9 Å². The second-order valence-electron chi connectivity index (χ2n) is 7.74. The molecule has 1 heterocycles. The van der Waals surface area contributed by atoms with Gasteiger partial charge in [-0.15, -0.1) is 0 Å². The van der Waals surface area contributed by atoms with Crippen molar-refractivity contribution in [3.63, 3.8) is 0 Å². The maximum atomic E-state index is 12.9. The van der Waals surface area contributed by atoms with Gasteiger partial charge in [0.15, 0.2) is 0 Å². The third-order valence-corrected chi connectivity index (χ3v) is 7.65. The number of nitrogens with one attached hydrogen (secondary N) is 1. The third-order valence-electron chi connectivity index (χ3n) is 5.60. The number of fused-ring (bicyclic) bond motifs is 3. The number of amides is 1. The predicted molar refractivity (Wildman–Crippen MR) is 135 cm³/mol. The number of rotatable bonds is 5. The molecule has 0 atom stereocenters. The van der Waals surface area contributed by atoms with Gasteiger partial charge in [-0.25, -0.2) is 8.42 Å². The molecule has 1 aromatic heterocycles. The van der Waals surface area contributed by atoms with Crippen LogP contribution in [0.5, 0.6) is 0 Å². The van der Waals surface area contributed by atoms with E-state index in [0.29, 0.717) is 27.5 Å². The maximum Gasteiger partial charge on any atom is 0.264 e. The number of hydrogen-bond acceptors (Lipinski definition) is 4. The van der Waals surface area contributed by atoms with Crippen LogP contribution in [0.3, 0.4) is 0 Å². The topological polar surface area (TPSA) is 79.6 Å². The summed E-state index contributed by atoms with van der Waals surface area (Å²) in [6.45, 7) is 0. The lowest BCUT2D eigenvalue weighted by Gasteiger charge is -2.19. The quantitative estimate of drug-likeness (QED) is 0.313. The van der Waals surface area contributed by atoms with Crippen LogP contribution < -0.4 is 9.62 Å². The second-order valence-corrected chi connectivity index (χ2v) is 10.1. The Labute approximate surface area is 201 Å². The van der Waals surface area contributed by atoms with Crippen molar-refractivity contribution in [1.29, 1.82) is 0 Å². The molecular formula is C26H19ClN2O4S. The van der Waals surface area contributed by atoms with Crippen LogP contribution in [0.4, 0.5) is 11.4 Å². The van der Waals surface area contributed by atoms with Gasteiger partial charge in [-0.05, 0) is 66.7 Å². The van der Waals surface area contributed by atoms with E-state index in [9.17, 15) is 13.2 Å². The summed E-state index contributed by atoms with van der Waals surface area (Å²) in [7, 11) is -2.30. The maximum absolute atomic E-state index is 12.9. The van der Waals surface area contributed by atoms with Gasteiger partial charge in [-0.2, -0.15) is 0 Å². The lowest BCUT2D eigenvalue weighted by Crippen LogP contribution is -2.26. The molecule has 0 saturated carbocycles. The van der Waals surface area contributed by atoms with Crippen molar-refractivity contribution in [2.45, 2.75) is 4.90 Å². The van der Waals surface area contributed by atoms with E-state index in [1.165, 1.54) is 31.3 Å². The summed E-state index contributed by atoms with van der Waals surface area (Å²) in [5.74, 6) is -0.315. The molecule has 0 aliphatic rings. The lowest BCUT2D eigenvalue weighted by molar-refractivity contribution is 0.102. The van der Waals surface area contributed by atoms with Crippen LogP contribution in [-0.4, -0.2) is 21.4 Å². The van der Waals surface area contributed by atoms with E-state index in [1.807, 2.05) is 36.4 Å². The number of benzene rings is 4. The van der Waals surface area contributed by atoms with Gasteiger partial charge in [0.1, 0.15) is 11.2 Å². The summed E-state index contributed by atoms with van der Waals surface area (Å²) in [5, 5.41) is 5.31. The van der Waals surface area contributed by atoms with Crippen LogP contribution >= 0.6 is 11.6 Å². The summed E-state index contributed by atoms with van der Waals surface area (Å²) in [4.78, 5) is 12.9. The molecule has 170 valence electrons. The van der Waals surface area contributed by atoms with Crippen LogP contribution in [0.2, 0.25) is 5.02 Å². The Morgan fingerprint density at radius 1 is 0.853 bits per heavy atom. The molecule has 0 aliphatic heterocycles. The van der Waals surface area contributed by atoms with Gasteiger partial charge >= 0.3 is 0 Å². The Hall–Kier alpha value is -3.81. The van der Waals surface area contributed by atoms with Gasteiger partial charge in [0.2, 0.25) is 0 Å². The number of furan rings is 1.